The molecule has 0 saturated carbocycles. The molecule has 12 aromatic rings. The van der Waals surface area contributed by atoms with Gasteiger partial charge in [-0.15, -0.1) is 0 Å². The van der Waals surface area contributed by atoms with Gasteiger partial charge in [0.1, 0.15) is 58.0 Å². The molecule has 0 atom stereocenters. The maximum absolute atomic E-state index is 13.3. The monoisotopic (exact) mass is 2130 g/mol. The number of piperazine rings is 3. The van der Waals surface area contributed by atoms with E-state index in [4.69, 9.17) is 60.2 Å². The molecule has 6 aromatic carbocycles. The molecular weight excluding hydrogens is 1990 g/mol. The Bertz CT molecular complexity index is 6150. The Labute approximate surface area is 841 Å². The Hall–Kier alpha value is -10.4. The summed E-state index contributed by atoms with van der Waals surface area (Å²) in [6.07, 6.45) is 19.3. The zero-order valence-electron chi connectivity index (χ0n) is 82.3. The molecule has 4 N–H and O–H groups in total. The Morgan fingerprint density at radius 2 is 0.743 bits per heavy atom. The van der Waals surface area contributed by atoms with Gasteiger partial charge in [-0.05, 0) is 136 Å². The van der Waals surface area contributed by atoms with Gasteiger partial charge in [0.25, 0.3) is 0 Å². The quantitative estimate of drug-likeness (QED) is 0.0157. The van der Waals surface area contributed by atoms with Crippen LogP contribution in [0.4, 0.5) is 52.4 Å². The largest absolute Gasteiger partial charge is 0.497 e. The fourth-order valence-electron chi connectivity index (χ4n) is 15.8. The van der Waals surface area contributed by atoms with Crippen LogP contribution in [0.3, 0.4) is 0 Å². The van der Waals surface area contributed by atoms with Crippen LogP contribution < -0.4 is 48.7 Å². The molecule has 15 rings (SSSR count). The molecule has 6 aromatic heterocycles. The van der Waals surface area contributed by atoms with Crippen LogP contribution in [-0.4, -0.2) is 245 Å². The van der Waals surface area contributed by atoms with Crippen molar-refractivity contribution in [2.75, 3.05) is 144 Å². The topological polar surface area (TPSA) is 346 Å². The Kier molecular flexibility index (Phi) is 41.8. The van der Waals surface area contributed by atoms with Gasteiger partial charge in [0, 0.05) is 153 Å². The summed E-state index contributed by atoms with van der Waals surface area (Å²) in [5.74, 6) is 6.46. The Morgan fingerprint density at radius 3 is 1.09 bits per heavy atom. The number of halogens is 1. The molecule has 0 radical (unpaired) electrons. The molecule has 0 unspecified atom stereocenters. The van der Waals surface area contributed by atoms with Crippen molar-refractivity contribution in [2.45, 2.75) is 188 Å². The van der Waals surface area contributed by atoms with Gasteiger partial charge >= 0.3 is 169 Å². The molecule has 39 heteroatoms. The third-order valence-corrected chi connectivity index (χ3v) is 48.6. The number of aromatic amines is 1. The van der Waals surface area contributed by atoms with Crippen molar-refractivity contribution in [1.29, 1.82) is 0 Å². The van der Waals surface area contributed by atoms with E-state index in [1.165, 1.54) is 91.3 Å². The first kappa shape index (κ1) is 112. The van der Waals surface area contributed by atoms with Crippen molar-refractivity contribution in [3.8, 4) is 40.3 Å². The van der Waals surface area contributed by atoms with Gasteiger partial charge in [0.15, 0.2) is 11.6 Å². The maximum atomic E-state index is 13.3. The first-order chi connectivity index (χ1) is 66.2. The van der Waals surface area contributed by atoms with Gasteiger partial charge < -0.3 is 59.1 Å². The molecule has 0 spiro atoms. The van der Waals surface area contributed by atoms with Crippen LogP contribution in [-0.2, 0) is 53.0 Å². The van der Waals surface area contributed by atoms with Crippen LogP contribution >= 0.6 is 11.6 Å². The Morgan fingerprint density at radius 1 is 0.407 bits per heavy atom. The number of hydrogen-bond donors (Lipinski definition) is 4. The van der Waals surface area contributed by atoms with E-state index in [1.807, 2.05) is 137 Å². The van der Waals surface area contributed by atoms with E-state index in [1.54, 1.807) is 119 Å². The van der Waals surface area contributed by atoms with E-state index in [-0.39, 0.29) is 29.5 Å². The molecule has 3 aliphatic rings. The molecule has 756 valence electrons. The summed E-state index contributed by atoms with van der Waals surface area (Å²) < 4.78 is 121. The number of sulfonamides is 3. The van der Waals surface area contributed by atoms with E-state index in [9.17, 15) is 25.3 Å². The van der Waals surface area contributed by atoms with Gasteiger partial charge in [-0.25, -0.2) is 50.2 Å². The van der Waals surface area contributed by atoms with Crippen LogP contribution in [0.15, 0.2) is 216 Å². The summed E-state index contributed by atoms with van der Waals surface area (Å²) in [4.78, 5) is 51.8. The van der Waals surface area contributed by atoms with Gasteiger partial charge in [-0.2, -0.15) is 27.9 Å². The summed E-state index contributed by atoms with van der Waals surface area (Å²) in [6.45, 7) is 34.7. The average Bonchev–Trinajstić information content (AvgIpc) is 1.10. The van der Waals surface area contributed by atoms with Crippen molar-refractivity contribution in [1.82, 2.24) is 71.9 Å². The zero-order valence-corrected chi connectivity index (χ0v) is 90.4. The summed E-state index contributed by atoms with van der Waals surface area (Å²) in [5.41, 5.74) is 7.50. The van der Waals surface area contributed by atoms with E-state index in [2.05, 4.69) is 112 Å². The van der Waals surface area contributed by atoms with Crippen molar-refractivity contribution < 1.29 is 48.9 Å². The van der Waals surface area contributed by atoms with Crippen molar-refractivity contribution >= 4 is 132 Å². The van der Waals surface area contributed by atoms with Crippen molar-refractivity contribution in [2.24, 2.45) is 0 Å². The summed E-state index contributed by atoms with van der Waals surface area (Å²) in [7, 11) is -8.40. The molecule has 3 saturated heterocycles. The predicted molar refractivity (Wildman–Crippen MR) is 574 cm³/mol. The fraction of sp³-hybridized carbons (Fsp3) is 0.436. The first-order valence-electron chi connectivity index (χ1n) is 47.4. The molecular formula is C101H144ClN21O11S3Si2Sn. The normalized spacial score (nSPS) is 14.1. The minimum absolute atomic E-state index is 0. The number of nitrogens with one attached hydrogen (secondary N) is 4. The minimum atomic E-state index is -3.64. The number of H-pyrrole nitrogens is 1. The second kappa shape index (κ2) is 52.5. The number of hydrogen-bond acceptors (Lipinski definition) is 26. The van der Waals surface area contributed by atoms with E-state index >= 15 is 0 Å². The Balaban J connectivity index is 0.000000195. The number of unbranched alkanes of at least 4 members (excludes halogenated alkanes) is 3. The second-order valence-electron chi connectivity index (χ2n) is 37.1. The van der Waals surface area contributed by atoms with Crippen LogP contribution in [0.1, 0.15) is 90.8 Å². The number of imidazole rings is 3. The van der Waals surface area contributed by atoms with Gasteiger partial charge in [-0.1, -0.05) is 99.2 Å². The summed E-state index contributed by atoms with van der Waals surface area (Å²) >= 11 is 3.78. The molecule has 0 bridgehead atoms. The number of rotatable bonds is 40. The third kappa shape index (κ3) is 31.8. The first-order valence-corrected chi connectivity index (χ1v) is 67.0. The van der Waals surface area contributed by atoms with Crippen molar-refractivity contribution in [3.05, 3.63) is 223 Å². The van der Waals surface area contributed by atoms with Gasteiger partial charge in [0.2, 0.25) is 47.9 Å². The average molecular weight is 2130 g/mol. The van der Waals surface area contributed by atoms with Crippen LogP contribution in [0.2, 0.25) is 69.8 Å². The molecule has 0 amide bonds. The maximum Gasteiger partial charge on any atom is 0.243 e. The zero-order chi connectivity index (χ0) is 98.6. The molecule has 32 nitrogen and oxygen atoms in total. The van der Waals surface area contributed by atoms with E-state index < -0.39 is 64.6 Å². The summed E-state index contributed by atoms with van der Waals surface area (Å²) in [6, 6.07) is 51.1. The smallest absolute Gasteiger partial charge is 0.243 e. The van der Waals surface area contributed by atoms with Gasteiger partial charge in [-0.3, -0.25) is 0 Å². The number of nitrogens with zero attached hydrogens (tertiary/aromatic N) is 17. The standard InChI is InChI=1S/C31H41N7O4SSi.C25H27N7O3S.C22H24ClN5O3S.C9H17N2OSi.3C4H9.2CH4.Sn/c1-24-6-8-25(9-7-24)33-29-22-28(30-32-14-15-37(30)23-42-20-21-44(3,4)5)34-31(35-29)36-16-18-38(19-17-36)43(39,40)27-12-10-26(41-2)11-13-27;1-18-3-5-19(6-4-18)28-23-17-22(24-26-11-12-27-24)29-25(30-23)31-13-15-32(16-14-31)36(33,34)21-9-7-20(35-2)8-10-21;1-16-3-5-17(6-4-16)24-21-15-20(23)25-22(26-21)27-11-13-28(14-12-27)32(29,30)19-9-7-18(31-2)8-10-19;1-13(2,3)7-6-12-9-11-5-4-10-8-11;3*1-3-4-2;;;/h6-15,22H,16-21,23H2,1-5H3,(H,33,34,35);3-12,17H,13-16H2,1-2H3,(H,26,27)(H,28,29,30);3-10,15H,11-14H2,1-2H3,(H,24,25,26);4-5H,6-7,9H2,1-3H3;3*1,3-4H2,2H3;2*1H4;. The van der Waals surface area contributed by atoms with Crippen LogP contribution in [0, 0.1) is 20.8 Å². The van der Waals surface area contributed by atoms with Crippen LogP contribution in [0.5, 0.6) is 17.2 Å². The second-order valence-corrected chi connectivity index (χ2v) is 67.4. The number of benzene rings is 6. The number of ether oxygens (including phenoxy) is 5. The third-order valence-electron chi connectivity index (χ3n) is 24.1. The van der Waals surface area contributed by atoms with E-state index in [0.717, 1.165) is 29.7 Å². The van der Waals surface area contributed by atoms with Crippen LogP contribution in [0.25, 0.3) is 23.0 Å². The molecule has 140 heavy (non-hydrogen) atoms. The van der Waals surface area contributed by atoms with E-state index in [0.29, 0.717) is 179 Å². The molecule has 3 fully saturated rings. The number of aryl methyl sites for hydroxylation is 3. The number of anilines is 9. The van der Waals surface area contributed by atoms with Gasteiger partial charge in [0.05, 0.1) is 36.0 Å². The molecule has 0 aliphatic carbocycles. The predicted octanol–water partition coefficient (Wildman–Crippen LogP) is 19.9. The van der Waals surface area contributed by atoms with Crippen molar-refractivity contribution in [3.63, 3.8) is 0 Å². The molecule has 9 heterocycles. The fourth-order valence-corrected chi connectivity index (χ4v) is 37.8. The number of methoxy groups -OCH3 is 3. The summed E-state index contributed by atoms with van der Waals surface area (Å²) in [5, 5.41) is 10.3. The number of aromatic nitrogens is 12. The molecule has 3 aliphatic heterocycles. The SMILES string of the molecule is C.C.CCC[CH2][Sn]([CH2]CCC)([CH2]CCC)[c]1nccn1COCC[Si](C)(C)C.COc1ccc(S(=O)(=O)N2CCN(c3nc(Cl)cc(Nc4ccc(C)cc4)n3)CC2)cc1.COc1ccc(S(=O)(=O)N2CCN(c3nc(Nc4ccc(C)cc4)cc(-c4ncc[nH]4)n3)CC2)cc1.COc1ccc(S(=O)(=O)N2CCN(c3nc(Nc4ccc(C)cc4)cc(-c4nccn4COCC[Si](C)(C)C)n3)CC2)cc1. The minimum Gasteiger partial charge on any atom is -0.497 e.